The minimum Gasteiger partial charge on any atom is -0.379 e. The first-order chi connectivity index (χ1) is 18.6. The summed E-state index contributed by atoms with van der Waals surface area (Å²) >= 11 is 1.43. The van der Waals surface area contributed by atoms with Crippen molar-refractivity contribution >= 4 is 35.0 Å². The first kappa shape index (κ1) is 29.7. The van der Waals surface area contributed by atoms with Crippen LogP contribution in [0.3, 0.4) is 0 Å². The van der Waals surface area contributed by atoms with Gasteiger partial charge < -0.3 is 29.6 Å². The Morgan fingerprint density at radius 1 is 1.13 bits per heavy atom. The number of nitrogens with one attached hydrogen (secondary N) is 2. The predicted octanol–water partition coefficient (Wildman–Crippen LogP) is 3.52. The molecule has 3 fully saturated rings. The Morgan fingerprint density at radius 2 is 1.85 bits per heavy atom. The molecular weight excluding hydrogens is 520 g/mol. The molecule has 0 bridgehead atoms. The molecule has 1 spiro atoms. The number of hydrogen-bond acceptors (Lipinski definition) is 8. The summed E-state index contributed by atoms with van der Waals surface area (Å²) in [7, 11) is 1.71. The number of Topliss-reactive ketones (excluding diaryl/α,β-unsaturated/α-hetero) is 1. The van der Waals surface area contributed by atoms with Crippen LogP contribution in [-0.4, -0.2) is 79.7 Å². The third-order valence-electron chi connectivity index (χ3n) is 7.69. The number of carbonyl (C=O) groups excluding carboxylic acids is 3. The normalized spacial score (nSPS) is 30.9. The highest BCUT2D eigenvalue weighted by atomic mass is 32.2. The van der Waals surface area contributed by atoms with Crippen molar-refractivity contribution in [2.24, 2.45) is 5.92 Å². The number of ketones is 1. The lowest BCUT2D eigenvalue weighted by Crippen LogP contribution is -2.59. The largest absolute Gasteiger partial charge is 0.379 e. The second kappa shape index (κ2) is 12.5. The van der Waals surface area contributed by atoms with E-state index in [0.29, 0.717) is 12.3 Å². The summed E-state index contributed by atoms with van der Waals surface area (Å²) in [5.74, 6) is -0.207. The van der Waals surface area contributed by atoms with Gasteiger partial charge in [-0.2, -0.15) is 0 Å². The molecule has 2 heterocycles. The van der Waals surface area contributed by atoms with Gasteiger partial charge in [-0.15, -0.1) is 11.8 Å². The van der Waals surface area contributed by atoms with Crippen LogP contribution in [0.25, 0.3) is 0 Å². The van der Waals surface area contributed by atoms with Gasteiger partial charge in [0.2, 0.25) is 11.8 Å². The minimum atomic E-state index is -0.335. The maximum atomic E-state index is 12.9. The molecule has 2 N–H and O–H groups in total. The lowest BCUT2D eigenvalue weighted by Gasteiger charge is -2.43. The van der Waals surface area contributed by atoms with Gasteiger partial charge in [-0.25, -0.2) is 0 Å². The van der Waals surface area contributed by atoms with Crippen molar-refractivity contribution in [3.63, 3.8) is 0 Å². The number of amides is 2. The first-order valence-corrected chi connectivity index (χ1v) is 14.4. The van der Waals surface area contributed by atoms with Crippen LogP contribution < -0.4 is 10.6 Å². The van der Waals surface area contributed by atoms with E-state index in [-0.39, 0.29) is 71.9 Å². The zero-order valence-corrected chi connectivity index (χ0v) is 24.2. The molecule has 2 saturated heterocycles. The minimum absolute atomic E-state index is 0.0490. The van der Waals surface area contributed by atoms with Crippen LogP contribution in [0.15, 0.2) is 40.8 Å². The van der Waals surface area contributed by atoms with Crippen LogP contribution in [0, 0.1) is 5.92 Å². The van der Waals surface area contributed by atoms with Crippen molar-refractivity contribution < 1.29 is 33.3 Å². The Bertz CT molecular complexity index is 1080. The van der Waals surface area contributed by atoms with Gasteiger partial charge in [0, 0.05) is 23.6 Å². The third-order valence-corrected chi connectivity index (χ3v) is 8.70. The van der Waals surface area contributed by atoms with Crippen LogP contribution in [0.4, 0.5) is 5.69 Å². The Kier molecular flexibility index (Phi) is 9.54. The van der Waals surface area contributed by atoms with Gasteiger partial charge in [-0.3, -0.25) is 14.4 Å². The van der Waals surface area contributed by atoms with Crippen LogP contribution in [-0.2, 0) is 33.3 Å². The van der Waals surface area contributed by atoms with E-state index >= 15 is 0 Å². The fraction of sp³-hybridized carbons (Fsp3) is 0.621. The Labute approximate surface area is 234 Å². The van der Waals surface area contributed by atoms with Crippen LogP contribution in [0.2, 0.25) is 0 Å². The van der Waals surface area contributed by atoms with Crippen molar-refractivity contribution in [2.45, 2.75) is 81.3 Å². The summed E-state index contributed by atoms with van der Waals surface area (Å²) < 4.78 is 23.3. The second-order valence-electron chi connectivity index (χ2n) is 11.1. The van der Waals surface area contributed by atoms with Gasteiger partial charge in [0.05, 0.1) is 36.2 Å². The van der Waals surface area contributed by atoms with Gasteiger partial charge in [0.1, 0.15) is 18.8 Å². The summed E-state index contributed by atoms with van der Waals surface area (Å²) in [4.78, 5) is 36.7. The quantitative estimate of drug-likeness (QED) is 0.214. The molecule has 0 radical (unpaired) electrons. The van der Waals surface area contributed by atoms with E-state index in [4.69, 9.17) is 18.9 Å². The number of hydrogen-bond donors (Lipinski definition) is 2. The molecule has 6 atom stereocenters. The molecule has 3 aliphatic rings. The van der Waals surface area contributed by atoms with Gasteiger partial charge in [-0.05, 0) is 71.2 Å². The second-order valence-corrected chi connectivity index (χ2v) is 12.2. The fourth-order valence-corrected chi connectivity index (χ4v) is 6.37. The van der Waals surface area contributed by atoms with Crippen molar-refractivity contribution in [1.82, 2.24) is 5.32 Å². The van der Waals surface area contributed by atoms with Gasteiger partial charge >= 0.3 is 0 Å². The fourth-order valence-electron chi connectivity index (χ4n) is 5.66. The number of rotatable bonds is 13. The molecule has 1 aliphatic carbocycles. The Balaban J connectivity index is 1.28. The zero-order valence-electron chi connectivity index (χ0n) is 23.4. The van der Waals surface area contributed by atoms with Crippen molar-refractivity contribution in [3.05, 3.63) is 35.9 Å². The number of epoxide rings is 2. The summed E-state index contributed by atoms with van der Waals surface area (Å²) in [6.07, 6.45) is 4.68. The first-order valence-electron chi connectivity index (χ1n) is 13.4. The van der Waals surface area contributed by atoms with Crippen LogP contribution in [0.5, 0.6) is 0 Å². The van der Waals surface area contributed by atoms with Crippen molar-refractivity contribution in [3.8, 4) is 0 Å². The van der Waals surface area contributed by atoms with Crippen molar-refractivity contribution in [1.29, 1.82) is 0 Å². The smallest absolute Gasteiger partial charge is 0.250 e. The topological polar surface area (TPSA) is 119 Å². The Morgan fingerprint density at radius 3 is 2.46 bits per heavy atom. The van der Waals surface area contributed by atoms with E-state index in [1.165, 1.54) is 24.3 Å². The monoisotopic (exact) mass is 560 g/mol. The molecule has 9 nitrogen and oxygen atoms in total. The molecule has 39 heavy (non-hydrogen) atoms. The lowest BCUT2D eigenvalue weighted by molar-refractivity contribution is -0.126. The molecular formula is C29H40N2O7S. The average Bonchev–Trinajstić information content (AvgIpc) is 3.80. The standard InChI is InChI=1S/C29H40N2O7S/c1-18(2)6-11-23-28(4,38-23)27-26(35-5)22(12-13-29(27)17-37-29)31-25(34)16-39-21-9-7-20(8-10-21)30-24(33)15-36-14-19(3)32/h6-10,22-23,26-27H,11-17H2,1-5H3,(H,30,33)(H,31,34)/t22-,23-,26-,27-,28?,29+/m1/s1. The highest BCUT2D eigenvalue weighted by molar-refractivity contribution is 8.00. The zero-order chi connectivity index (χ0) is 28.2. The maximum Gasteiger partial charge on any atom is 0.250 e. The molecule has 1 unspecified atom stereocenters. The molecule has 1 aromatic rings. The number of ether oxygens (including phenoxy) is 4. The maximum absolute atomic E-state index is 12.9. The van der Waals surface area contributed by atoms with E-state index < -0.39 is 0 Å². The number of benzene rings is 1. The number of methoxy groups -OCH3 is 1. The van der Waals surface area contributed by atoms with E-state index in [1.807, 2.05) is 12.1 Å². The van der Waals surface area contributed by atoms with Gasteiger partial charge in [0.15, 0.2) is 5.78 Å². The third kappa shape index (κ3) is 7.49. The molecule has 2 aliphatic heterocycles. The van der Waals surface area contributed by atoms with Crippen LogP contribution in [0.1, 0.15) is 47.0 Å². The number of anilines is 1. The summed E-state index contributed by atoms with van der Waals surface area (Å²) in [5.41, 5.74) is 1.33. The van der Waals surface area contributed by atoms with E-state index in [1.54, 1.807) is 19.2 Å². The van der Waals surface area contributed by atoms with Crippen molar-refractivity contribution in [2.75, 3.05) is 38.0 Å². The van der Waals surface area contributed by atoms with E-state index in [2.05, 4.69) is 37.5 Å². The van der Waals surface area contributed by atoms with E-state index in [0.717, 1.165) is 24.2 Å². The highest BCUT2D eigenvalue weighted by Gasteiger charge is 2.71. The molecule has 1 aromatic carbocycles. The molecule has 0 aromatic heterocycles. The number of thioether (sulfide) groups is 1. The molecule has 10 heteroatoms. The highest BCUT2D eigenvalue weighted by Crippen LogP contribution is 2.59. The summed E-state index contributed by atoms with van der Waals surface area (Å²) in [5, 5.41) is 5.93. The molecule has 4 rings (SSSR count). The summed E-state index contributed by atoms with van der Waals surface area (Å²) in [6.45, 7) is 8.18. The average molecular weight is 561 g/mol. The lowest BCUT2D eigenvalue weighted by atomic mass is 9.67. The summed E-state index contributed by atoms with van der Waals surface area (Å²) in [6, 6.07) is 7.13. The van der Waals surface area contributed by atoms with Gasteiger partial charge in [-0.1, -0.05) is 11.6 Å². The molecule has 2 amide bonds. The Hall–Kier alpha value is -2.24. The molecule has 1 saturated carbocycles. The molecule has 214 valence electrons. The van der Waals surface area contributed by atoms with Gasteiger partial charge in [0.25, 0.3) is 0 Å². The SMILES string of the molecule is CO[C@H]1[C@H](C2(C)O[C@@H]2CC=C(C)C)[C@]2(CC[C@H]1NC(=O)CSc1ccc(NC(=O)COCC(C)=O)cc1)CO2. The predicted molar refractivity (Wildman–Crippen MR) is 149 cm³/mol. The number of allylic oxidation sites excluding steroid dienone is 1. The number of carbonyl (C=O) groups is 3. The van der Waals surface area contributed by atoms with E-state index in [9.17, 15) is 14.4 Å². The van der Waals surface area contributed by atoms with Crippen LogP contribution >= 0.6 is 11.8 Å².